The van der Waals surface area contributed by atoms with E-state index < -0.39 is 23.4 Å². The van der Waals surface area contributed by atoms with Gasteiger partial charge in [-0.25, -0.2) is 14.4 Å². The summed E-state index contributed by atoms with van der Waals surface area (Å²) in [5.41, 5.74) is -0.690. The standard InChI is InChI=1S/C9H12N4O4/c1-3(2)4(7(14)15)13-6-5(11-9(13)17)10-8(16)12-6/h3-4H,1-2H3,(H,11,17)(H,14,15)(H2,10,12,16). The fourth-order valence-electron chi connectivity index (χ4n) is 1.87. The molecule has 0 saturated carbocycles. The van der Waals surface area contributed by atoms with Crippen molar-refractivity contribution in [2.24, 2.45) is 5.92 Å². The smallest absolute Gasteiger partial charge is 0.329 e. The van der Waals surface area contributed by atoms with Crippen LogP contribution in [0.15, 0.2) is 9.59 Å². The lowest BCUT2D eigenvalue weighted by molar-refractivity contribution is -0.142. The first-order valence-corrected chi connectivity index (χ1v) is 5.07. The van der Waals surface area contributed by atoms with E-state index in [0.29, 0.717) is 0 Å². The SMILES string of the molecule is CC(C)C(C(=O)O)n1c(=O)[nH]c2[nH]c(=O)[nH]c21. The van der Waals surface area contributed by atoms with Crippen molar-refractivity contribution in [2.75, 3.05) is 0 Å². The topological polar surface area (TPSA) is 124 Å². The van der Waals surface area contributed by atoms with Crippen molar-refractivity contribution >= 4 is 17.3 Å². The Hall–Kier alpha value is -2.25. The van der Waals surface area contributed by atoms with E-state index in [2.05, 4.69) is 15.0 Å². The molecule has 1 atom stereocenters. The van der Waals surface area contributed by atoms with Gasteiger partial charge >= 0.3 is 17.3 Å². The van der Waals surface area contributed by atoms with Crippen LogP contribution in [-0.4, -0.2) is 30.6 Å². The molecule has 17 heavy (non-hydrogen) atoms. The summed E-state index contributed by atoms with van der Waals surface area (Å²) in [5.74, 6) is -1.41. The number of hydrogen-bond acceptors (Lipinski definition) is 3. The molecule has 1 unspecified atom stereocenters. The van der Waals surface area contributed by atoms with Crippen LogP contribution in [0.4, 0.5) is 0 Å². The molecule has 8 heteroatoms. The van der Waals surface area contributed by atoms with E-state index in [9.17, 15) is 14.4 Å². The first kappa shape index (κ1) is 11.2. The summed E-state index contributed by atoms with van der Waals surface area (Å²) in [5, 5.41) is 9.13. The maximum atomic E-state index is 11.7. The molecule has 0 aliphatic carbocycles. The Morgan fingerprint density at radius 3 is 2.41 bits per heavy atom. The Balaban J connectivity index is 2.75. The molecular weight excluding hydrogens is 228 g/mol. The van der Waals surface area contributed by atoms with Crippen LogP contribution < -0.4 is 11.4 Å². The Morgan fingerprint density at radius 1 is 1.24 bits per heavy atom. The first-order chi connectivity index (χ1) is 7.91. The van der Waals surface area contributed by atoms with Crippen LogP contribution in [-0.2, 0) is 4.79 Å². The van der Waals surface area contributed by atoms with Gasteiger partial charge in [-0.3, -0.25) is 19.5 Å². The highest BCUT2D eigenvalue weighted by atomic mass is 16.4. The number of aromatic amines is 3. The minimum Gasteiger partial charge on any atom is -0.480 e. The van der Waals surface area contributed by atoms with Gasteiger partial charge in [0.2, 0.25) is 0 Å². The first-order valence-electron chi connectivity index (χ1n) is 5.07. The molecule has 8 nitrogen and oxygen atoms in total. The highest BCUT2D eigenvalue weighted by Crippen LogP contribution is 2.19. The van der Waals surface area contributed by atoms with Crippen LogP contribution in [0.5, 0.6) is 0 Å². The van der Waals surface area contributed by atoms with Crippen molar-refractivity contribution in [3.63, 3.8) is 0 Å². The van der Waals surface area contributed by atoms with Crippen LogP contribution in [0, 0.1) is 5.92 Å². The van der Waals surface area contributed by atoms with Crippen molar-refractivity contribution in [3.05, 3.63) is 21.0 Å². The largest absolute Gasteiger partial charge is 0.480 e. The lowest BCUT2D eigenvalue weighted by Crippen LogP contribution is -2.32. The number of carbonyl (C=O) groups is 1. The van der Waals surface area contributed by atoms with Crippen molar-refractivity contribution < 1.29 is 9.90 Å². The van der Waals surface area contributed by atoms with E-state index in [1.165, 1.54) is 0 Å². The number of carboxylic acid groups (broad SMARTS) is 1. The van der Waals surface area contributed by atoms with E-state index in [-0.39, 0.29) is 17.2 Å². The fraction of sp³-hybridized carbons (Fsp3) is 0.444. The summed E-state index contributed by atoms with van der Waals surface area (Å²) in [6.07, 6.45) is 0. The van der Waals surface area contributed by atoms with Gasteiger partial charge in [-0.1, -0.05) is 13.8 Å². The Bertz CT molecular complexity index is 671. The molecule has 0 spiro atoms. The molecule has 0 radical (unpaired) electrons. The highest BCUT2D eigenvalue weighted by Gasteiger charge is 2.28. The summed E-state index contributed by atoms with van der Waals surface area (Å²) in [6, 6.07) is -1.03. The molecule has 2 rings (SSSR count). The molecule has 0 saturated heterocycles. The summed E-state index contributed by atoms with van der Waals surface area (Å²) in [6.45, 7) is 3.38. The van der Waals surface area contributed by atoms with Crippen molar-refractivity contribution in [3.8, 4) is 0 Å². The van der Waals surface area contributed by atoms with Crippen LogP contribution >= 0.6 is 0 Å². The third kappa shape index (κ3) is 1.67. The molecule has 0 amide bonds. The van der Waals surface area contributed by atoms with Gasteiger partial charge in [0.15, 0.2) is 11.3 Å². The zero-order valence-corrected chi connectivity index (χ0v) is 9.27. The molecule has 0 aliphatic heterocycles. The van der Waals surface area contributed by atoms with Gasteiger partial charge in [-0.15, -0.1) is 0 Å². The van der Waals surface area contributed by atoms with Gasteiger partial charge in [-0.2, -0.15) is 0 Å². The average molecular weight is 240 g/mol. The van der Waals surface area contributed by atoms with Crippen LogP contribution in [0.25, 0.3) is 11.3 Å². The predicted molar refractivity (Wildman–Crippen MR) is 59.0 cm³/mol. The number of aromatic nitrogens is 4. The quantitative estimate of drug-likeness (QED) is 0.584. The Kier molecular flexibility index (Phi) is 2.41. The normalized spacial score (nSPS) is 13.4. The van der Waals surface area contributed by atoms with E-state index in [4.69, 9.17) is 5.11 Å². The maximum Gasteiger partial charge on any atom is 0.329 e. The highest BCUT2D eigenvalue weighted by molar-refractivity contribution is 5.75. The van der Waals surface area contributed by atoms with Gasteiger partial charge in [-0.05, 0) is 5.92 Å². The molecular formula is C9H12N4O4. The van der Waals surface area contributed by atoms with Crippen LogP contribution in [0.2, 0.25) is 0 Å². The average Bonchev–Trinajstić information content (AvgIpc) is 2.64. The number of hydrogen-bond donors (Lipinski definition) is 4. The summed E-state index contributed by atoms with van der Waals surface area (Å²) in [4.78, 5) is 41.1. The molecule has 92 valence electrons. The predicted octanol–water partition coefficient (Wildman–Crippen LogP) is -0.372. The minimum atomic E-state index is -1.12. The summed E-state index contributed by atoms with van der Waals surface area (Å²) < 4.78 is 1.04. The van der Waals surface area contributed by atoms with E-state index in [0.717, 1.165) is 4.57 Å². The Morgan fingerprint density at radius 2 is 1.88 bits per heavy atom. The van der Waals surface area contributed by atoms with Gasteiger partial charge in [0.05, 0.1) is 0 Å². The van der Waals surface area contributed by atoms with Crippen LogP contribution in [0.3, 0.4) is 0 Å². The second-order valence-corrected chi connectivity index (χ2v) is 4.13. The molecule has 0 fully saturated rings. The number of aliphatic carboxylic acids is 1. The molecule has 0 aliphatic rings. The van der Waals surface area contributed by atoms with Crippen LogP contribution in [0.1, 0.15) is 19.9 Å². The fourth-order valence-corrected chi connectivity index (χ4v) is 1.87. The number of nitrogens with zero attached hydrogens (tertiary/aromatic N) is 1. The lowest BCUT2D eigenvalue weighted by Gasteiger charge is -2.16. The zero-order valence-electron chi connectivity index (χ0n) is 9.27. The van der Waals surface area contributed by atoms with Gasteiger partial charge in [0.1, 0.15) is 6.04 Å². The number of fused-ring (bicyclic) bond motifs is 1. The van der Waals surface area contributed by atoms with E-state index in [1.807, 2.05) is 0 Å². The minimum absolute atomic E-state index is 0.168. The van der Waals surface area contributed by atoms with Gasteiger partial charge in [0.25, 0.3) is 0 Å². The van der Waals surface area contributed by atoms with Crippen molar-refractivity contribution in [1.82, 2.24) is 19.5 Å². The molecule has 2 heterocycles. The number of H-pyrrole nitrogens is 3. The molecule has 4 N–H and O–H groups in total. The van der Waals surface area contributed by atoms with Crippen molar-refractivity contribution in [2.45, 2.75) is 19.9 Å². The second-order valence-electron chi connectivity index (χ2n) is 4.13. The number of imidazole rings is 2. The maximum absolute atomic E-state index is 11.7. The number of rotatable bonds is 3. The van der Waals surface area contributed by atoms with Gasteiger partial charge < -0.3 is 5.11 Å². The number of carboxylic acids is 1. The molecule has 0 aromatic carbocycles. The van der Waals surface area contributed by atoms with Gasteiger partial charge in [0, 0.05) is 0 Å². The number of nitrogens with one attached hydrogen (secondary N) is 3. The summed E-state index contributed by atoms with van der Waals surface area (Å²) >= 11 is 0. The monoisotopic (exact) mass is 240 g/mol. The van der Waals surface area contributed by atoms with E-state index >= 15 is 0 Å². The second kappa shape index (κ2) is 3.65. The van der Waals surface area contributed by atoms with Crippen molar-refractivity contribution in [1.29, 1.82) is 0 Å². The summed E-state index contributed by atoms with van der Waals surface area (Å²) in [7, 11) is 0. The molecule has 2 aromatic rings. The third-order valence-electron chi connectivity index (χ3n) is 2.56. The lowest BCUT2D eigenvalue weighted by atomic mass is 10.0. The van der Waals surface area contributed by atoms with E-state index in [1.54, 1.807) is 13.8 Å². The molecule has 2 aromatic heterocycles. The third-order valence-corrected chi connectivity index (χ3v) is 2.56. The molecule has 0 bridgehead atoms. The zero-order chi connectivity index (χ0) is 12.7. The Labute approximate surface area is 94.3 Å².